The number of rotatable bonds is 2. The first-order chi connectivity index (χ1) is 7.97. The molecule has 1 aliphatic heterocycles. The first-order valence-corrected chi connectivity index (χ1v) is 5.08. The van der Waals surface area contributed by atoms with Crippen molar-refractivity contribution in [3.63, 3.8) is 0 Å². The number of hydrogen-bond acceptors (Lipinski definition) is 1. The van der Waals surface area contributed by atoms with Crippen LogP contribution in [0.1, 0.15) is 11.1 Å². The van der Waals surface area contributed by atoms with Crippen LogP contribution in [-0.2, 0) is 17.5 Å². The van der Waals surface area contributed by atoms with E-state index in [-0.39, 0.29) is 12.5 Å². The van der Waals surface area contributed by atoms with Gasteiger partial charge in [0, 0.05) is 19.2 Å². The second-order valence-corrected chi connectivity index (χ2v) is 3.82. The summed E-state index contributed by atoms with van der Waals surface area (Å²) in [5, 5.41) is 0. The Labute approximate surface area is 96.3 Å². The van der Waals surface area contributed by atoms with Crippen molar-refractivity contribution in [3.05, 3.63) is 47.5 Å². The molecule has 0 aromatic heterocycles. The van der Waals surface area contributed by atoms with E-state index >= 15 is 0 Å². The minimum Gasteiger partial charge on any atom is -0.331 e. The fourth-order valence-corrected chi connectivity index (χ4v) is 1.69. The first-order valence-electron chi connectivity index (χ1n) is 5.08. The number of nitrogens with zero attached hydrogens (tertiary/aromatic N) is 1. The standard InChI is InChI=1S/C12H10F3NO/c13-12(14,15)10-4-1-3-9(7-10)8-16-6-2-5-11(16)17/h1-5,7H,6,8H2. The van der Waals surface area contributed by atoms with Gasteiger partial charge in [-0.3, -0.25) is 4.79 Å². The molecular weight excluding hydrogens is 231 g/mol. The lowest BCUT2D eigenvalue weighted by molar-refractivity contribution is -0.137. The Kier molecular flexibility index (Phi) is 2.92. The van der Waals surface area contributed by atoms with E-state index in [1.807, 2.05) is 0 Å². The topological polar surface area (TPSA) is 20.3 Å². The van der Waals surface area contributed by atoms with Crippen molar-refractivity contribution in [2.45, 2.75) is 12.7 Å². The van der Waals surface area contributed by atoms with E-state index in [0.29, 0.717) is 12.1 Å². The third-order valence-electron chi connectivity index (χ3n) is 2.53. The predicted molar refractivity (Wildman–Crippen MR) is 56.0 cm³/mol. The van der Waals surface area contributed by atoms with E-state index in [1.165, 1.54) is 17.0 Å². The van der Waals surface area contributed by atoms with Crippen molar-refractivity contribution in [1.29, 1.82) is 0 Å². The highest BCUT2D eigenvalue weighted by Crippen LogP contribution is 2.29. The van der Waals surface area contributed by atoms with Gasteiger partial charge >= 0.3 is 6.18 Å². The zero-order valence-electron chi connectivity index (χ0n) is 8.87. The highest BCUT2D eigenvalue weighted by Gasteiger charge is 2.30. The maximum absolute atomic E-state index is 12.5. The van der Waals surface area contributed by atoms with E-state index in [2.05, 4.69) is 0 Å². The molecule has 2 nitrogen and oxygen atoms in total. The van der Waals surface area contributed by atoms with Gasteiger partial charge in [0.15, 0.2) is 0 Å². The summed E-state index contributed by atoms with van der Waals surface area (Å²) < 4.78 is 37.4. The Bertz CT molecular complexity index is 465. The predicted octanol–water partition coefficient (Wildman–Crippen LogP) is 2.60. The fourth-order valence-electron chi connectivity index (χ4n) is 1.69. The molecule has 0 N–H and O–H groups in total. The van der Waals surface area contributed by atoms with Crippen LogP contribution >= 0.6 is 0 Å². The molecule has 5 heteroatoms. The van der Waals surface area contributed by atoms with Crippen molar-refractivity contribution < 1.29 is 18.0 Å². The molecule has 1 aromatic carbocycles. The second-order valence-electron chi connectivity index (χ2n) is 3.82. The van der Waals surface area contributed by atoms with Gasteiger partial charge in [0.2, 0.25) is 5.91 Å². The maximum Gasteiger partial charge on any atom is 0.416 e. The molecule has 1 amide bonds. The Morgan fingerprint density at radius 3 is 2.65 bits per heavy atom. The zero-order chi connectivity index (χ0) is 12.5. The van der Waals surface area contributed by atoms with Gasteiger partial charge in [0.05, 0.1) is 5.56 Å². The highest BCUT2D eigenvalue weighted by molar-refractivity contribution is 5.89. The fraction of sp³-hybridized carbons (Fsp3) is 0.250. The summed E-state index contributed by atoms with van der Waals surface area (Å²) in [5.74, 6) is -0.164. The third kappa shape index (κ3) is 2.67. The molecule has 0 aliphatic carbocycles. The Hall–Kier alpha value is -1.78. The molecule has 0 spiro atoms. The summed E-state index contributed by atoms with van der Waals surface area (Å²) in [6, 6.07) is 5.03. The van der Waals surface area contributed by atoms with Crippen molar-refractivity contribution in [2.75, 3.05) is 6.54 Å². The van der Waals surface area contributed by atoms with Crippen molar-refractivity contribution >= 4 is 5.91 Å². The molecule has 0 saturated carbocycles. The van der Waals surface area contributed by atoms with E-state index in [1.54, 1.807) is 12.1 Å². The van der Waals surface area contributed by atoms with Gasteiger partial charge in [0.25, 0.3) is 0 Å². The number of carbonyl (C=O) groups excluding carboxylic acids is 1. The minimum atomic E-state index is -4.34. The molecule has 0 saturated heterocycles. The summed E-state index contributed by atoms with van der Waals surface area (Å²) in [4.78, 5) is 12.8. The summed E-state index contributed by atoms with van der Waals surface area (Å²) in [6.07, 6.45) is -1.23. The van der Waals surface area contributed by atoms with E-state index in [4.69, 9.17) is 0 Å². The van der Waals surface area contributed by atoms with E-state index in [9.17, 15) is 18.0 Å². The Balaban J connectivity index is 2.14. The van der Waals surface area contributed by atoms with Crippen LogP contribution in [0.25, 0.3) is 0 Å². The average molecular weight is 241 g/mol. The van der Waals surface area contributed by atoms with Gasteiger partial charge in [-0.25, -0.2) is 0 Å². The highest BCUT2D eigenvalue weighted by atomic mass is 19.4. The van der Waals surface area contributed by atoms with Crippen LogP contribution in [0.3, 0.4) is 0 Å². The Morgan fingerprint density at radius 2 is 2.06 bits per heavy atom. The molecule has 1 aliphatic rings. The quantitative estimate of drug-likeness (QED) is 0.779. The van der Waals surface area contributed by atoms with Crippen LogP contribution in [0.4, 0.5) is 13.2 Å². The van der Waals surface area contributed by atoms with Gasteiger partial charge in [-0.2, -0.15) is 13.2 Å². The van der Waals surface area contributed by atoms with E-state index < -0.39 is 11.7 Å². The van der Waals surface area contributed by atoms with Crippen LogP contribution in [0.2, 0.25) is 0 Å². The second kappa shape index (κ2) is 4.24. The molecule has 0 unspecified atom stereocenters. The van der Waals surface area contributed by atoms with Crippen molar-refractivity contribution in [1.82, 2.24) is 4.90 Å². The van der Waals surface area contributed by atoms with Gasteiger partial charge in [-0.05, 0) is 17.7 Å². The maximum atomic E-state index is 12.5. The molecule has 1 heterocycles. The molecule has 17 heavy (non-hydrogen) atoms. The van der Waals surface area contributed by atoms with Crippen molar-refractivity contribution in [3.8, 4) is 0 Å². The van der Waals surface area contributed by atoms with Gasteiger partial charge < -0.3 is 4.90 Å². The van der Waals surface area contributed by atoms with E-state index in [0.717, 1.165) is 12.1 Å². The number of hydrogen-bond donors (Lipinski definition) is 0. The normalized spacial score (nSPS) is 15.7. The molecule has 0 bridgehead atoms. The lowest BCUT2D eigenvalue weighted by Crippen LogP contribution is -2.24. The number of halogens is 3. The van der Waals surface area contributed by atoms with Crippen LogP contribution in [-0.4, -0.2) is 17.4 Å². The zero-order valence-corrected chi connectivity index (χ0v) is 8.87. The lowest BCUT2D eigenvalue weighted by atomic mass is 10.1. The minimum absolute atomic E-state index is 0.164. The van der Waals surface area contributed by atoms with Crippen molar-refractivity contribution in [2.24, 2.45) is 0 Å². The molecule has 0 atom stereocenters. The van der Waals surface area contributed by atoms with Gasteiger partial charge in [0.1, 0.15) is 0 Å². The van der Waals surface area contributed by atoms with Crippen LogP contribution < -0.4 is 0 Å². The molecular formula is C12H10F3NO. The number of alkyl halides is 3. The molecule has 90 valence electrons. The number of amides is 1. The average Bonchev–Trinajstić information content (AvgIpc) is 2.64. The van der Waals surface area contributed by atoms with Gasteiger partial charge in [-0.1, -0.05) is 18.2 Å². The SMILES string of the molecule is O=C1C=CCN1Cc1cccc(C(F)(F)F)c1. The third-order valence-corrected chi connectivity index (χ3v) is 2.53. The summed E-state index contributed by atoms with van der Waals surface area (Å²) in [6.45, 7) is 0.658. The summed E-state index contributed by atoms with van der Waals surface area (Å²) in [7, 11) is 0. The van der Waals surface area contributed by atoms with Crippen LogP contribution in [0.15, 0.2) is 36.4 Å². The van der Waals surface area contributed by atoms with Crippen LogP contribution in [0, 0.1) is 0 Å². The smallest absolute Gasteiger partial charge is 0.331 e. The van der Waals surface area contributed by atoms with Crippen LogP contribution in [0.5, 0.6) is 0 Å². The lowest BCUT2D eigenvalue weighted by Gasteiger charge is -2.16. The largest absolute Gasteiger partial charge is 0.416 e. The molecule has 0 radical (unpaired) electrons. The molecule has 2 rings (SSSR count). The molecule has 1 aromatic rings. The number of benzene rings is 1. The first kappa shape index (κ1) is 11.7. The summed E-state index contributed by atoms with van der Waals surface area (Å²) >= 11 is 0. The van der Waals surface area contributed by atoms with Gasteiger partial charge in [-0.15, -0.1) is 0 Å². The Morgan fingerprint density at radius 1 is 1.29 bits per heavy atom. The number of carbonyl (C=O) groups is 1. The summed E-state index contributed by atoms with van der Waals surface area (Å²) in [5.41, 5.74) is -0.202. The monoisotopic (exact) mass is 241 g/mol. The molecule has 0 fully saturated rings.